The predicted octanol–water partition coefficient (Wildman–Crippen LogP) is 3.50. The van der Waals surface area contributed by atoms with Crippen LogP contribution in [0.15, 0.2) is 46.9 Å². The van der Waals surface area contributed by atoms with Gasteiger partial charge in [-0.2, -0.15) is 0 Å². The van der Waals surface area contributed by atoms with Crippen molar-refractivity contribution in [2.24, 2.45) is 5.92 Å². The van der Waals surface area contributed by atoms with Gasteiger partial charge in [0.1, 0.15) is 11.6 Å². The van der Waals surface area contributed by atoms with Crippen molar-refractivity contribution in [3.63, 3.8) is 0 Å². The number of ether oxygens (including phenoxy) is 1. The van der Waals surface area contributed by atoms with E-state index in [1.165, 1.54) is 13.2 Å². The molecule has 3 rings (SSSR count). The number of carbonyl (C=O) groups excluding carboxylic acids is 3. The Morgan fingerprint density at radius 3 is 2.70 bits per heavy atom. The minimum Gasteiger partial charge on any atom is -0.469 e. The maximum atomic E-state index is 14.1. The average molecular weight is 481 g/mol. The first-order chi connectivity index (χ1) is 14.3. The highest BCUT2D eigenvalue weighted by Gasteiger charge is 2.37. The van der Waals surface area contributed by atoms with Crippen LogP contribution >= 0.6 is 15.9 Å². The van der Waals surface area contributed by atoms with Gasteiger partial charge in [-0.3, -0.25) is 14.4 Å². The Bertz CT molecular complexity index is 985. The lowest BCUT2D eigenvalue weighted by Crippen LogP contribution is -2.36. The van der Waals surface area contributed by atoms with Crippen molar-refractivity contribution in [2.45, 2.75) is 18.9 Å². The van der Waals surface area contributed by atoms with Crippen LogP contribution in [0.1, 0.15) is 24.4 Å². The van der Waals surface area contributed by atoms with Crippen LogP contribution in [0.3, 0.4) is 0 Å². The van der Waals surface area contributed by atoms with Crippen LogP contribution in [-0.4, -0.2) is 31.4 Å². The van der Waals surface area contributed by atoms with Crippen molar-refractivity contribution in [1.29, 1.82) is 0 Å². The van der Waals surface area contributed by atoms with E-state index in [0.717, 1.165) is 15.4 Å². The van der Waals surface area contributed by atoms with Crippen LogP contribution in [0.2, 0.25) is 0 Å². The fourth-order valence-corrected chi connectivity index (χ4v) is 3.75. The van der Waals surface area contributed by atoms with Crippen LogP contribution in [-0.2, 0) is 19.1 Å². The molecule has 0 aliphatic carbocycles. The summed E-state index contributed by atoms with van der Waals surface area (Å²) in [4.78, 5) is 38.1. The number of carbonyl (C=O) groups is 3. The molecule has 0 radical (unpaired) electrons. The van der Waals surface area contributed by atoms with Crippen LogP contribution in [0.4, 0.5) is 14.5 Å². The Kier molecular flexibility index (Phi) is 6.81. The maximum absolute atomic E-state index is 14.1. The molecule has 2 aromatic carbocycles. The molecule has 0 saturated carbocycles. The third-order valence-corrected chi connectivity index (χ3v) is 5.36. The van der Waals surface area contributed by atoms with E-state index in [9.17, 15) is 23.2 Å². The molecule has 1 saturated heterocycles. The van der Waals surface area contributed by atoms with Gasteiger partial charge in [-0.15, -0.1) is 0 Å². The van der Waals surface area contributed by atoms with E-state index >= 15 is 0 Å². The summed E-state index contributed by atoms with van der Waals surface area (Å²) in [6, 6.07) is 9.37. The molecule has 2 amide bonds. The van der Waals surface area contributed by atoms with Gasteiger partial charge in [0, 0.05) is 23.5 Å². The molecular weight excluding hydrogens is 462 g/mol. The van der Waals surface area contributed by atoms with Gasteiger partial charge in [0.15, 0.2) is 0 Å². The topological polar surface area (TPSA) is 75.7 Å². The molecular formula is C21H19BrF2N2O4. The van der Waals surface area contributed by atoms with Gasteiger partial charge in [-0.05, 0) is 29.8 Å². The summed E-state index contributed by atoms with van der Waals surface area (Å²) < 4.78 is 32.7. The lowest BCUT2D eigenvalue weighted by Gasteiger charge is -2.21. The number of nitrogens with zero attached hydrogens (tertiary/aromatic N) is 1. The number of rotatable bonds is 6. The van der Waals surface area contributed by atoms with Crippen LogP contribution in [0.25, 0.3) is 0 Å². The highest BCUT2D eigenvalue weighted by atomic mass is 79.9. The zero-order valence-electron chi connectivity index (χ0n) is 16.0. The predicted molar refractivity (Wildman–Crippen MR) is 108 cm³/mol. The SMILES string of the molecule is COC(=O)CC(NC(=O)C1CC(=O)N(c2ccc(F)cc2F)C1)c1cccc(Br)c1. The van der Waals surface area contributed by atoms with Crippen molar-refractivity contribution in [3.05, 3.63) is 64.1 Å². The molecule has 1 N–H and O–H groups in total. The standard InChI is InChI=1S/C21H19BrF2N2O4/c1-30-20(28)10-17(12-3-2-4-14(22)7-12)25-21(29)13-8-19(27)26(11-13)18-6-5-15(23)9-16(18)24/h2-7,9,13,17H,8,10-11H2,1H3,(H,25,29). The number of methoxy groups -OCH3 is 1. The zero-order valence-corrected chi connectivity index (χ0v) is 17.6. The van der Waals surface area contributed by atoms with E-state index < -0.39 is 41.4 Å². The summed E-state index contributed by atoms with van der Waals surface area (Å²) >= 11 is 3.36. The van der Waals surface area contributed by atoms with Gasteiger partial charge < -0.3 is 15.0 Å². The number of anilines is 1. The Morgan fingerprint density at radius 1 is 1.27 bits per heavy atom. The van der Waals surface area contributed by atoms with Crippen LogP contribution < -0.4 is 10.2 Å². The molecule has 9 heteroatoms. The number of amides is 2. The second kappa shape index (κ2) is 9.34. The molecule has 1 fully saturated rings. The number of halogens is 3. The summed E-state index contributed by atoms with van der Waals surface area (Å²) in [5.41, 5.74) is 0.615. The van der Waals surface area contributed by atoms with Gasteiger partial charge in [-0.25, -0.2) is 8.78 Å². The van der Waals surface area contributed by atoms with Gasteiger partial charge in [0.05, 0.1) is 31.2 Å². The van der Waals surface area contributed by atoms with E-state index in [4.69, 9.17) is 4.74 Å². The molecule has 1 heterocycles. The van der Waals surface area contributed by atoms with E-state index in [1.54, 1.807) is 18.2 Å². The molecule has 2 unspecified atom stereocenters. The quantitative estimate of drug-likeness (QED) is 0.642. The largest absolute Gasteiger partial charge is 0.469 e. The summed E-state index contributed by atoms with van der Waals surface area (Å²) in [5.74, 6) is -3.75. The molecule has 0 aromatic heterocycles. The van der Waals surface area contributed by atoms with Gasteiger partial charge in [-0.1, -0.05) is 28.1 Å². The monoisotopic (exact) mass is 480 g/mol. The number of nitrogens with one attached hydrogen (secondary N) is 1. The lowest BCUT2D eigenvalue weighted by molar-refractivity contribution is -0.141. The smallest absolute Gasteiger partial charge is 0.307 e. The van der Waals surface area contributed by atoms with Crippen LogP contribution in [0.5, 0.6) is 0 Å². The average Bonchev–Trinajstić information content (AvgIpc) is 3.09. The third kappa shape index (κ3) is 5.02. The molecule has 2 atom stereocenters. The highest BCUT2D eigenvalue weighted by molar-refractivity contribution is 9.10. The van der Waals surface area contributed by atoms with Crippen LogP contribution in [0, 0.1) is 17.6 Å². The van der Waals surface area contributed by atoms with E-state index in [2.05, 4.69) is 21.2 Å². The minimum atomic E-state index is -0.873. The maximum Gasteiger partial charge on any atom is 0.307 e. The summed E-state index contributed by atoms with van der Waals surface area (Å²) in [6.45, 7) is -0.0450. The number of hydrogen-bond acceptors (Lipinski definition) is 4. The summed E-state index contributed by atoms with van der Waals surface area (Å²) in [6.07, 6.45) is -0.207. The highest BCUT2D eigenvalue weighted by Crippen LogP contribution is 2.29. The number of benzene rings is 2. The first kappa shape index (κ1) is 21.9. The van der Waals surface area contributed by atoms with E-state index in [1.807, 2.05) is 6.07 Å². The van der Waals surface area contributed by atoms with Crippen molar-refractivity contribution in [3.8, 4) is 0 Å². The number of esters is 1. The fraction of sp³-hybridized carbons (Fsp3) is 0.286. The molecule has 2 aromatic rings. The molecule has 0 bridgehead atoms. The molecule has 0 spiro atoms. The molecule has 1 aliphatic heterocycles. The van der Waals surface area contributed by atoms with Crippen molar-refractivity contribution < 1.29 is 27.9 Å². The Hall–Kier alpha value is -2.81. The fourth-order valence-electron chi connectivity index (χ4n) is 3.33. The van der Waals surface area contributed by atoms with E-state index in [0.29, 0.717) is 11.6 Å². The van der Waals surface area contributed by atoms with E-state index in [-0.39, 0.29) is 25.1 Å². The first-order valence-corrected chi connectivity index (χ1v) is 9.96. The second-order valence-electron chi connectivity index (χ2n) is 6.90. The zero-order chi connectivity index (χ0) is 21.8. The lowest BCUT2D eigenvalue weighted by atomic mass is 10.0. The number of hydrogen-bond donors (Lipinski definition) is 1. The summed E-state index contributed by atoms with van der Waals surface area (Å²) in [7, 11) is 1.26. The molecule has 1 aliphatic rings. The first-order valence-electron chi connectivity index (χ1n) is 9.16. The molecule has 158 valence electrons. The minimum absolute atomic E-state index is 0.0450. The molecule has 6 nitrogen and oxygen atoms in total. The van der Waals surface area contributed by atoms with Gasteiger partial charge in [0.2, 0.25) is 11.8 Å². The summed E-state index contributed by atoms with van der Waals surface area (Å²) in [5, 5.41) is 2.79. The third-order valence-electron chi connectivity index (χ3n) is 4.86. The Morgan fingerprint density at radius 2 is 2.03 bits per heavy atom. The van der Waals surface area contributed by atoms with Gasteiger partial charge in [0.25, 0.3) is 0 Å². The molecule has 30 heavy (non-hydrogen) atoms. The Balaban J connectivity index is 1.75. The van der Waals surface area contributed by atoms with Gasteiger partial charge >= 0.3 is 5.97 Å². The van der Waals surface area contributed by atoms with Crippen molar-refractivity contribution >= 4 is 39.4 Å². The normalized spacial score (nSPS) is 17.0. The second-order valence-corrected chi connectivity index (χ2v) is 7.81. The van der Waals surface area contributed by atoms with Crippen molar-refractivity contribution in [1.82, 2.24) is 5.32 Å². The van der Waals surface area contributed by atoms with Crippen molar-refractivity contribution in [2.75, 3.05) is 18.6 Å². The Labute approximate surface area is 180 Å².